The second-order valence-electron chi connectivity index (χ2n) is 8.32. The Morgan fingerprint density at radius 2 is 1.80 bits per heavy atom. The summed E-state index contributed by atoms with van der Waals surface area (Å²) >= 11 is 0. The lowest BCUT2D eigenvalue weighted by molar-refractivity contribution is -0.149. The van der Waals surface area contributed by atoms with Gasteiger partial charge in [-0.15, -0.1) is 0 Å². The van der Waals surface area contributed by atoms with Crippen LogP contribution in [0, 0.1) is 11.8 Å². The molecule has 1 saturated heterocycles. The minimum Gasteiger partial charge on any atom is -0.508 e. The molecule has 30 heavy (non-hydrogen) atoms. The van der Waals surface area contributed by atoms with Crippen LogP contribution in [0.25, 0.3) is 0 Å². The van der Waals surface area contributed by atoms with Crippen molar-refractivity contribution in [2.75, 3.05) is 25.3 Å². The van der Waals surface area contributed by atoms with Crippen molar-refractivity contribution in [2.24, 2.45) is 11.8 Å². The van der Waals surface area contributed by atoms with Gasteiger partial charge in [0.1, 0.15) is 5.75 Å². The van der Waals surface area contributed by atoms with Crippen LogP contribution in [0.4, 0.5) is 0 Å². The fourth-order valence-electron chi connectivity index (χ4n) is 3.71. The third kappa shape index (κ3) is 5.57. The number of nitrogens with zero attached hydrogens (tertiary/aromatic N) is 1. The number of hydrogen-bond acceptors (Lipinski definition) is 8. The number of sulfone groups is 1. The van der Waals surface area contributed by atoms with Crippen LogP contribution in [0.3, 0.4) is 0 Å². The van der Waals surface area contributed by atoms with Crippen LogP contribution in [0.1, 0.15) is 25.8 Å². The number of rotatable bonds is 10. The van der Waals surface area contributed by atoms with Gasteiger partial charge >= 0.3 is 0 Å². The molecule has 1 aliphatic rings. The highest BCUT2D eigenvalue weighted by Gasteiger charge is 2.59. The van der Waals surface area contributed by atoms with E-state index in [4.69, 9.17) is 0 Å². The van der Waals surface area contributed by atoms with Crippen molar-refractivity contribution in [3.8, 4) is 5.75 Å². The average Bonchev–Trinajstić information content (AvgIpc) is 2.81. The Kier molecular flexibility index (Phi) is 7.62. The second kappa shape index (κ2) is 9.42. The van der Waals surface area contributed by atoms with Crippen molar-refractivity contribution >= 4 is 21.7 Å². The largest absolute Gasteiger partial charge is 0.508 e. The molecule has 1 aromatic rings. The number of amides is 2. The van der Waals surface area contributed by atoms with Crippen molar-refractivity contribution in [1.82, 2.24) is 10.2 Å². The van der Waals surface area contributed by atoms with Crippen LogP contribution in [-0.2, 0) is 25.8 Å². The van der Waals surface area contributed by atoms with Crippen molar-refractivity contribution in [2.45, 2.75) is 38.3 Å². The number of benzene rings is 1. The van der Waals surface area contributed by atoms with Gasteiger partial charge in [-0.05, 0) is 36.5 Å². The molecule has 1 heterocycles. The maximum absolute atomic E-state index is 13.1. The molecule has 168 valence electrons. The Bertz CT molecular complexity index is 870. The molecule has 9 nitrogen and oxygen atoms in total. The van der Waals surface area contributed by atoms with Gasteiger partial charge in [-0.3, -0.25) is 14.5 Å². The SMILES string of the molecule is CC(C)C[C@H]1C(=O)N([C@H](CO)Cc2ccc(O)cc2)C(=O)[C@@]1(O)CNCS(C)(=O)=O. The van der Waals surface area contributed by atoms with Crippen LogP contribution in [-0.4, -0.2) is 77.4 Å². The summed E-state index contributed by atoms with van der Waals surface area (Å²) < 4.78 is 22.8. The van der Waals surface area contributed by atoms with E-state index in [1.54, 1.807) is 12.1 Å². The van der Waals surface area contributed by atoms with E-state index in [1.807, 2.05) is 13.8 Å². The number of phenolic OH excluding ortho intramolecular Hbond substituents is 1. The summed E-state index contributed by atoms with van der Waals surface area (Å²) in [6, 6.07) is 5.27. The van der Waals surface area contributed by atoms with E-state index in [2.05, 4.69) is 5.32 Å². The van der Waals surface area contributed by atoms with Gasteiger partial charge < -0.3 is 20.6 Å². The molecule has 0 saturated carbocycles. The van der Waals surface area contributed by atoms with Crippen molar-refractivity contribution in [3.63, 3.8) is 0 Å². The zero-order valence-electron chi connectivity index (χ0n) is 17.4. The first-order valence-corrected chi connectivity index (χ1v) is 11.8. The summed E-state index contributed by atoms with van der Waals surface area (Å²) in [7, 11) is -3.39. The normalized spacial score (nSPS) is 23.4. The van der Waals surface area contributed by atoms with E-state index < -0.39 is 58.2 Å². The fraction of sp³-hybridized carbons (Fsp3) is 0.600. The molecule has 0 aromatic heterocycles. The molecule has 4 N–H and O–H groups in total. The van der Waals surface area contributed by atoms with Gasteiger partial charge in [0.2, 0.25) is 5.91 Å². The van der Waals surface area contributed by atoms with E-state index in [9.17, 15) is 33.3 Å². The standard InChI is InChI=1S/C20H30N2O7S/c1-13(2)8-17-18(25)22(15(10-23)9-14-4-6-16(24)7-5-14)19(26)20(17,27)11-21-12-30(3,28)29/h4-7,13,15,17,21,23-24,27H,8-12H2,1-3H3/t15-,17-,20+/m0/s1. The molecule has 1 aliphatic heterocycles. The van der Waals surface area contributed by atoms with E-state index in [0.29, 0.717) is 5.56 Å². The van der Waals surface area contributed by atoms with E-state index in [-0.39, 0.29) is 24.5 Å². The maximum Gasteiger partial charge on any atom is 0.263 e. The van der Waals surface area contributed by atoms with E-state index in [0.717, 1.165) is 11.2 Å². The topological polar surface area (TPSA) is 144 Å². The molecule has 0 radical (unpaired) electrons. The van der Waals surface area contributed by atoms with Crippen LogP contribution in [0.5, 0.6) is 5.75 Å². The quantitative estimate of drug-likeness (QED) is 0.360. The lowest BCUT2D eigenvalue weighted by Gasteiger charge is -2.28. The summed E-state index contributed by atoms with van der Waals surface area (Å²) in [5.74, 6) is -2.87. The highest BCUT2D eigenvalue weighted by Crippen LogP contribution is 2.36. The highest BCUT2D eigenvalue weighted by atomic mass is 32.2. The zero-order chi connectivity index (χ0) is 22.7. The monoisotopic (exact) mass is 442 g/mol. The number of hydrogen-bond donors (Lipinski definition) is 4. The van der Waals surface area contributed by atoms with Crippen LogP contribution in [0.15, 0.2) is 24.3 Å². The molecule has 1 fully saturated rings. The number of carbonyl (C=O) groups excluding carboxylic acids is 2. The maximum atomic E-state index is 13.1. The molecule has 2 amide bonds. The number of nitrogens with one attached hydrogen (secondary N) is 1. The molecule has 0 spiro atoms. The van der Waals surface area contributed by atoms with Crippen molar-refractivity contribution in [1.29, 1.82) is 0 Å². The van der Waals surface area contributed by atoms with Crippen molar-refractivity contribution < 1.29 is 33.3 Å². The zero-order valence-corrected chi connectivity index (χ0v) is 18.2. The lowest BCUT2D eigenvalue weighted by atomic mass is 9.83. The van der Waals surface area contributed by atoms with Gasteiger partial charge in [-0.25, -0.2) is 8.42 Å². The summed E-state index contributed by atoms with van der Waals surface area (Å²) in [6.45, 7) is 2.81. The molecule has 10 heteroatoms. The molecule has 0 aliphatic carbocycles. The Morgan fingerprint density at radius 3 is 2.30 bits per heavy atom. The van der Waals surface area contributed by atoms with Gasteiger partial charge in [0.15, 0.2) is 15.4 Å². The van der Waals surface area contributed by atoms with Crippen LogP contribution < -0.4 is 5.32 Å². The Morgan fingerprint density at radius 1 is 1.20 bits per heavy atom. The number of likely N-dealkylation sites (tertiary alicyclic amines) is 1. The third-order valence-corrected chi connectivity index (χ3v) is 5.88. The van der Waals surface area contributed by atoms with Gasteiger partial charge in [0.25, 0.3) is 5.91 Å². The Hall–Kier alpha value is -2.01. The fourth-order valence-corrected chi connectivity index (χ4v) is 4.18. The molecule has 0 bridgehead atoms. The first-order valence-electron chi connectivity index (χ1n) is 9.76. The third-order valence-electron chi connectivity index (χ3n) is 5.15. The smallest absolute Gasteiger partial charge is 0.263 e. The van der Waals surface area contributed by atoms with E-state index in [1.165, 1.54) is 12.1 Å². The number of imide groups is 1. The molecule has 1 aromatic carbocycles. The first-order chi connectivity index (χ1) is 13.9. The Labute approximate surface area is 176 Å². The minimum atomic E-state index is -3.39. The molecular weight excluding hydrogens is 412 g/mol. The van der Waals surface area contributed by atoms with Gasteiger partial charge in [-0.1, -0.05) is 26.0 Å². The number of aromatic hydroxyl groups is 1. The molecule has 3 atom stereocenters. The van der Waals surface area contributed by atoms with Gasteiger partial charge in [-0.2, -0.15) is 0 Å². The lowest BCUT2D eigenvalue weighted by Crippen LogP contribution is -2.53. The summed E-state index contributed by atoms with van der Waals surface area (Å²) in [5, 5.41) is 33.0. The summed E-state index contributed by atoms with van der Waals surface area (Å²) in [6.07, 6.45) is 1.40. The summed E-state index contributed by atoms with van der Waals surface area (Å²) in [5.41, 5.74) is -1.41. The van der Waals surface area contributed by atoms with Crippen LogP contribution in [0.2, 0.25) is 0 Å². The molecule has 2 rings (SSSR count). The minimum absolute atomic E-state index is 0.00203. The second-order valence-corrected chi connectivity index (χ2v) is 10.5. The van der Waals surface area contributed by atoms with Gasteiger partial charge in [0, 0.05) is 12.8 Å². The number of aliphatic hydroxyl groups is 2. The highest BCUT2D eigenvalue weighted by molar-refractivity contribution is 7.90. The van der Waals surface area contributed by atoms with Crippen LogP contribution >= 0.6 is 0 Å². The van der Waals surface area contributed by atoms with Gasteiger partial charge in [0.05, 0.1) is 24.4 Å². The molecular formula is C20H30N2O7S. The molecule has 0 unspecified atom stereocenters. The number of carbonyl (C=O) groups is 2. The number of phenols is 1. The first kappa shape index (κ1) is 24.3. The average molecular weight is 443 g/mol. The predicted octanol–water partition coefficient (Wildman–Crippen LogP) is -0.350. The van der Waals surface area contributed by atoms with Crippen molar-refractivity contribution in [3.05, 3.63) is 29.8 Å². The Balaban J connectivity index is 2.31. The predicted molar refractivity (Wildman–Crippen MR) is 110 cm³/mol. The number of aliphatic hydroxyl groups excluding tert-OH is 1. The summed E-state index contributed by atoms with van der Waals surface area (Å²) in [4.78, 5) is 27.2. The van der Waals surface area contributed by atoms with E-state index >= 15 is 0 Å².